The normalized spacial score (nSPS) is 18.5. The van der Waals surface area contributed by atoms with E-state index >= 15 is 0 Å². The second-order valence-corrected chi connectivity index (χ2v) is 10.5. The fourth-order valence-electron chi connectivity index (χ4n) is 4.25. The summed E-state index contributed by atoms with van der Waals surface area (Å²) < 4.78 is 33.6. The summed E-state index contributed by atoms with van der Waals surface area (Å²) >= 11 is 0. The summed E-state index contributed by atoms with van der Waals surface area (Å²) in [5.41, 5.74) is 0.332. The molecule has 2 fully saturated rings. The maximum atomic E-state index is 13.4. The van der Waals surface area contributed by atoms with Crippen LogP contribution in [0.5, 0.6) is 5.75 Å². The van der Waals surface area contributed by atoms with Crippen LogP contribution in [0.15, 0.2) is 23.1 Å². The van der Waals surface area contributed by atoms with Crippen molar-refractivity contribution >= 4 is 21.8 Å². The molecule has 1 aromatic rings. The quantitative estimate of drug-likeness (QED) is 0.606. The lowest BCUT2D eigenvalue weighted by Crippen LogP contribution is -2.51. The Hall–Kier alpha value is -2.17. The molecule has 9 nitrogen and oxygen atoms in total. The van der Waals surface area contributed by atoms with Crippen LogP contribution in [0.4, 0.5) is 0 Å². The molecule has 0 atom stereocenters. The van der Waals surface area contributed by atoms with E-state index in [2.05, 4.69) is 5.32 Å². The highest BCUT2D eigenvalue weighted by Gasteiger charge is 2.30. The molecule has 0 radical (unpaired) electrons. The highest BCUT2D eigenvalue weighted by atomic mass is 32.2. The van der Waals surface area contributed by atoms with Gasteiger partial charge in [0.25, 0.3) is 5.91 Å². The Morgan fingerprint density at radius 2 is 1.67 bits per heavy atom. The van der Waals surface area contributed by atoms with Crippen LogP contribution in [-0.4, -0.2) is 93.8 Å². The number of carbonyl (C=O) groups is 2. The van der Waals surface area contributed by atoms with Gasteiger partial charge in [-0.05, 0) is 37.5 Å². The minimum absolute atomic E-state index is 0.00450. The summed E-state index contributed by atoms with van der Waals surface area (Å²) in [6, 6.07) is 4.63. The van der Waals surface area contributed by atoms with Gasteiger partial charge < -0.3 is 15.0 Å². The molecule has 0 bridgehead atoms. The highest BCUT2D eigenvalue weighted by molar-refractivity contribution is 7.89. The standard InChI is InChI=1S/C23H36N4O5S/c1-3-10-24-22(28)18-25-13-15-26(16-14-25)23(29)19-8-9-20(32-2)21(17-19)33(30,31)27-11-6-4-5-7-12-27/h8-9,17H,3-7,10-16,18H2,1-2H3,(H,24,28). The van der Waals surface area contributed by atoms with Gasteiger partial charge >= 0.3 is 0 Å². The molecular weight excluding hydrogens is 444 g/mol. The summed E-state index contributed by atoms with van der Waals surface area (Å²) in [5.74, 6) is 0.0360. The van der Waals surface area contributed by atoms with Crippen molar-refractivity contribution in [2.24, 2.45) is 0 Å². The number of amides is 2. The summed E-state index contributed by atoms with van der Waals surface area (Å²) in [6.45, 7) is 6.13. The Labute approximate surface area is 197 Å². The van der Waals surface area contributed by atoms with E-state index < -0.39 is 10.0 Å². The predicted octanol–water partition coefficient (Wildman–Crippen LogP) is 1.54. The van der Waals surface area contributed by atoms with E-state index in [4.69, 9.17) is 4.74 Å². The second kappa shape index (κ2) is 11.8. The van der Waals surface area contributed by atoms with Crippen molar-refractivity contribution in [3.05, 3.63) is 23.8 Å². The van der Waals surface area contributed by atoms with E-state index in [-0.39, 0.29) is 22.5 Å². The molecule has 1 N–H and O–H groups in total. The molecule has 1 aromatic carbocycles. The average Bonchev–Trinajstić information content (AvgIpc) is 3.13. The predicted molar refractivity (Wildman–Crippen MR) is 126 cm³/mol. The van der Waals surface area contributed by atoms with Gasteiger partial charge in [-0.2, -0.15) is 4.31 Å². The zero-order valence-corrected chi connectivity index (χ0v) is 20.5. The Bertz CT molecular complexity index is 921. The number of carbonyl (C=O) groups excluding carboxylic acids is 2. The van der Waals surface area contributed by atoms with Gasteiger partial charge in [0.05, 0.1) is 13.7 Å². The lowest BCUT2D eigenvalue weighted by Gasteiger charge is -2.34. The molecule has 0 spiro atoms. The smallest absolute Gasteiger partial charge is 0.253 e. The van der Waals surface area contributed by atoms with Crippen molar-refractivity contribution < 1.29 is 22.7 Å². The molecule has 184 valence electrons. The first-order chi connectivity index (χ1) is 15.9. The molecule has 2 heterocycles. The Kier molecular flexibility index (Phi) is 9.10. The Morgan fingerprint density at radius 1 is 1.00 bits per heavy atom. The summed E-state index contributed by atoms with van der Waals surface area (Å²) in [7, 11) is -2.32. The number of methoxy groups -OCH3 is 1. The monoisotopic (exact) mass is 480 g/mol. The van der Waals surface area contributed by atoms with Gasteiger partial charge in [-0.3, -0.25) is 14.5 Å². The van der Waals surface area contributed by atoms with E-state index in [1.54, 1.807) is 17.0 Å². The molecule has 0 aromatic heterocycles. The zero-order chi connectivity index (χ0) is 23.8. The highest BCUT2D eigenvalue weighted by Crippen LogP contribution is 2.30. The molecule has 0 aliphatic carbocycles. The van der Waals surface area contributed by atoms with Crippen molar-refractivity contribution in [1.82, 2.24) is 19.4 Å². The number of hydrogen-bond donors (Lipinski definition) is 1. The van der Waals surface area contributed by atoms with Crippen LogP contribution in [0.3, 0.4) is 0 Å². The van der Waals surface area contributed by atoms with Crippen LogP contribution in [0.1, 0.15) is 49.4 Å². The summed E-state index contributed by atoms with van der Waals surface area (Å²) in [4.78, 5) is 28.9. The molecule has 33 heavy (non-hydrogen) atoms. The number of ether oxygens (including phenoxy) is 1. The molecule has 3 rings (SSSR count). The van der Waals surface area contributed by atoms with Crippen LogP contribution < -0.4 is 10.1 Å². The molecule has 2 aliphatic rings. The number of hydrogen-bond acceptors (Lipinski definition) is 6. The third-order valence-electron chi connectivity index (χ3n) is 6.19. The molecule has 2 amide bonds. The van der Waals surface area contributed by atoms with E-state index in [9.17, 15) is 18.0 Å². The van der Waals surface area contributed by atoms with E-state index in [0.717, 1.165) is 32.1 Å². The van der Waals surface area contributed by atoms with Gasteiger partial charge in [0, 0.05) is 51.4 Å². The maximum absolute atomic E-state index is 13.4. The molecule has 0 saturated carbocycles. The lowest BCUT2D eigenvalue weighted by atomic mass is 10.1. The van der Waals surface area contributed by atoms with Gasteiger partial charge in [-0.15, -0.1) is 0 Å². The van der Waals surface area contributed by atoms with Crippen LogP contribution in [-0.2, 0) is 14.8 Å². The van der Waals surface area contributed by atoms with Crippen molar-refractivity contribution in [1.29, 1.82) is 0 Å². The number of benzene rings is 1. The lowest BCUT2D eigenvalue weighted by molar-refractivity contribution is -0.122. The van der Waals surface area contributed by atoms with Crippen molar-refractivity contribution in [2.75, 3.05) is 59.5 Å². The van der Waals surface area contributed by atoms with E-state index in [1.807, 2.05) is 11.8 Å². The number of nitrogens with one attached hydrogen (secondary N) is 1. The van der Waals surface area contributed by atoms with Gasteiger partial charge in [-0.1, -0.05) is 19.8 Å². The van der Waals surface area contributed by atoms with Crippen molar-refractivity contribution in [3.8, 4) is 5.75 Å². The fourth-order valence-corrected chi connectivity index (χ4v) is 5.95. The Morgan fingerprint density at radius 3 is 2.27 bits per heavy atom. The number of nitrogens with zero attached hydrogens (tertiary/aromatic N) is 3. The van der Waals surface area contributed by atoms with Gasteiger partial charge in [0.2, 0.25) is 15.9 Å². The SMILES string of the molecule is CCCNC(=O)CN1CCN(C(=O)c2ccc(OC)c(S(=O)(=O)N3CCCCCC3)c2)CC1. The molecule has 2 aliphatic heterocycles. The van der Waals surface area contributed by atoms with Gasteiger partial charge in [-0.25, -0.2) is 8.42 Å². The van der Waals surface area contributed by atoms with Crippen LogP contribution >= 0.6 is 0 Å². The topological polar surface area (TPSA) is 99.3 Å². The van der Waals surface area contributed by atoms with E-state index in [1.165, 1.54) is 17.5 Å². The first kappa shape index (κ1) is 25.5. The molecule has 0 unspecified atom stereocenters. The largest absolute Gasteiger partial charge is 0.495 e. The van der Waals surface area contributed by atoms with Crippen LogP contribution in [0.25, 0.3) is 0 Å². The van der Waals surface area contributed by atoms with Crippen molar-refractivity contribution in [2.45, 2.75) is 43.9 Å². The fraction of sp³-hybridized carbons (Fsp3) is 0.652. The molecule has 10 heteroatoms. The zero-order valence-electron chi connectivity index (χ0n) is 19.7. The second-order valence-electron chi connectivity index (χ2n) is 8.60. The molecule has 2 saturated heterocycles. The van der Waals surface area contributed by atoms with Crippen LogP contribution in [0.2, 0.25) is 0 Å². The molecular formula is C23H36N4O5S. The summed E-state index contributed by atoms with van der Waals surface area (Å²) in [5, 5.41) is 2.87. The minimum Gasteiger partial charge on any atom is -0.495 e. The minimum atomic E-state index is -3.76. The number of piperazine rings is 1. The summed E-state index contributed by atoms with van der Waals surface area (Å²) in [6.07, 6.45) is 4.61. The third kappa shape index (κ3) is 6.45. The van der Waals surface area contributed by atoms with E-state index in [0.29, 0.717) is 57.9 Å². The first-order valence-electron chi connectivity index (χ1n) is 11.8. The van der Waals surface area contributed by atoms with Crippen molar-refractivity contribution in [3.63, 3.8) is 0 Å². The Balaban J connectivity index is 1.70. The first-order valence-corrected chi connectivity index (χ1v) is 13.3. The maximum Gasteiger partial charge on any atom is 0.253 e. The number of rotatable bonds is 8. The number of sulfonamides is 1. The van der Waals surface area contributed by atoms with Gasteiger partial charge in [0.15, 0.2) is 0 Å². The van der Waals surface area contributed by atoms with Gasteiger partial charge in [0.1, 0.15) is 10.6 Å². The third-order valence-corrected chi connectivity index (χ3v) is 8.11. The average molecular weight is 481 g/mol. The van der Waals surface area contributed by atoms with Crippen LogP contribution in [0, 0.1) is 0 Å².